The molecule has 0 aliphatic carbocycles. The van der Waals surface area contributed by atoms with Crippen LogP contribution in [0.15, 0.2) is 28.7 Å². The number of nitrogens with one attached hydrogen (secondary N) is 1. The van der Waals surface area contributed by atoms with Crippen molar-refractivity contribution in [3.05, 3.63) is 30.0 Å². The topological polar surface area (TPSA) is 45.5 Å². The highest BCUT2D eigenvalue weighted by molar-refractivity contribution is 5.93. The summed E-state index contributed by atoms with van der Waals surface area (Å²) in [5.41, 5.74) is 1.70. The minimum Gasteiger partial charge on any atom is -0.461 e. The first kappa shape index (κ1) is 15.1. The maximum absolute atomic E-state index is 12.1. The van der Waals surface area contributed by atoms with E-state index in [-0.39, 0.29) is 5.91 Å². The van der Waals surface area contributed by atoms with E-state index in [0.29, 0.717) is 12.5 Å². The van der Waals surface area contributed by atoms with Gasteiger partial charge in [-0.05, 0) is 64.0 Å². The van der Waals surface area contributed by atoms with Crippen molar-refractivity contribution < 1.29 is 9.21 Å². The van der Waals surface area contributed by atoms with Crippen LogP contribution in [0.5, 0.6) is 0 Å². The van der Waals surface area contributed by atoms with Crippen molar-refractivity contribution in [2.75, 3.05) is 18.9 Å². The van der Waals surface area contributed by atoms with Gasteiger partial charge in [0, 0.05) is 23.5 Å². The van der Waals surface area contributed by atoms with Crippen LogP contribution < -0.4 is 5.32 Å². The zero-order valence-corrected chi connectivity index (χ0v) is 13.4. The lowest BCUT2D eigenvalue weighted by molar-refractivity contribution is -0.116. The van der Waals surface area contributed by atoms with Gasteiger partial charge in [0.2, 0.25) is 5.91 Å². The summed E-state index contributed by atoms with van der Waals surface area (Å²) in [4.78, 5) is 14.5. The van der Waals surface area contributed by atoms with Crippen LogP contribution in [-0.2, 0) is 4.79 Å². The molecular weight excluding hydrogens is 276 g/mol. The molecule has 2 heterocycles. The molecule has 0 radical (unpaired) electrons. The summed E-state index contributed by atoms with van der Waals surface area (Å²) in [5, 5.41) is 4.03. The van der Waals surface area contributed by atoms with E-state index in [1.807, 2.05) is 31.2 Å². The Morgan fingerprint density at radius 2 is 2.23 bits per heavy atom. The van der Waals surface area contributed by atoms with Crippen LogP contribution in [0.2, 0.25) is 0 Å². The minimum atomic E-state index is 0.0959. The Hall–Kier alpha value is -1.81. The summed E-state index contributed by atoms with van der Waals surface area (Å²) in [6, 6.07) is 8.32. The van der Waals surface area contributed by atoms with Crippen molar-refractivity contribution in [3.8, 4) is 0 Å². The van der Waals surface area contributed by atoms with Gasteiger partial charge < -0.3 is 14.6 Å². The van der Waals surface area contributed by atoms with Crippen LogP contribution in [0.3, 0.4) is 0 Å². The van der Waals surface area contributed by atoms with Crippen LogP contribution in [0, 0.1) is 6.92 Å². The van der Waals surface area contributed by atoms with Gasteiger partial charge in [0.1, 0.15) is 11.3 Å². The number of rotatable bonds is 4. The summed E-state index contributed by atoms with van der Waals surface area (Å²) < 4.78 is 5.55. The molecule has 1 fully saturated rings. The first-order valence-electron chi connectivity index (χ1n) is 8.12. The third-order valence-corrected chi connectivity index (χ3v) is 4.55. The van der Waals surface area contributed by atoms with Gasteiger partial charge in [0.15, 0.2) is 0 Å². The van der Waals surface area contributed by atoms with E-state index in [1.165, 1.54) is 19.3 Å². The third kappa shape index (κ3) is 3.50. The van der Waals surface area contributed by atoms with Crippen molar-refractivity contribution in [2.45, 2.75) is 45.1 Å². The Morgan fingerprint density at radius 3 is 3.05 bits per heavy atom. The SMILES string of the molecule is Cc1cc2cc(NC(=O)CCC3CCCCN3C)ccc2o1. The molecule has 1 aliphatic heterocycles. The number of hydrogen-bond donors (Lipinski definition) is 1. The second-order valence-corrected chi connectivity index (χ2v) is 6.33. The fourth-order valence-electron chi connectivity index (χ4n) is 3.28. The van der Waals surface area contributed by atoms with E-state index in [2.05, 4.69) is 17.3 Å². The highest BCUT2D eigenvalue weighted by Crippen LogP contribution is 2.23. The predicted octanol–water partition coefficient (Wildman–Crippen LogP) is 3.94. The molecule has 4 nitrogen and oxygen atoms in total. The average Bonchev–Trinajstić information content (AvgIpc) is 2.86. The number of benzene rings is 1. The molecule has 22 heavy (non-hydrogen) atoms. The standard InChI is InChI=1S/C18H24N2O2/c1-13-11-14-12-15(6-8-17(14)22-13)19-18(21)9-7-16-5-3-4-10-20(16)2/h6,8,11-12,16H,3-5,7,9-10H2,1-2H3,(H,19,21). The van der Waals surface area contributed by atoms with E-state index in [1.54, 1.807) is 0 Å². The summed E-state index contributed by atoms with van der Waals surface area (Å²) in [6.45, 7) is 3.09. The number of aryl methyl sites for hydroxylation is 1. The molecule has 3 rings (SSSR count). The zero-order chi connectivity index (χ0) is 15.5. The molecule has 1 aliphatic rings. The first-order valence-corrected chi connectivity index (χ1v) is 8.12. The Balaban J connectivity index is 1.55. The molecule has 1 saturated heterocycles. The van der Waals surface area contributed by atoms with E-state index in [0.717, 1.165) is 35.4 Å². The molecule has 1 unspecified atom stereocenters. The van der Waals surface area contributed by atoms with Crippen molar-refractivity contribution in [1.82, 2.24) is 4.90 Å². The van der Waals surface area contributed by atoms with Crippen molar-refractivity contribution in [2.24, 2.45) is 0 Å². The maximum Gasteiger partial charge on any atom is 0.224 e. The maximum atomic E-state index is 12.1. The molecule has 0 saturated carbocycles. The van der Waals surface area contributed by atoms with Gasteiger partial charge in [-0.15, -0.1) is 0 Å². The fraction of sp³-hybridized carbons (Fsp3) is 0.500. The smallest absolute Gasteiger partial charge is 0.224 e. The fourth-order valence-corrected chi connectivity index (χ4v) is 3.28. The number of anilines is 1. The zero-order valence-electron chi connectivity index (χ0n) is 13.4. The number of nitrogens with zero attached hydrogens (tertiary/aromatic N) is 1. The molecule has 1 atom stereocenters. The molecule has 1 aromatic carbocycles. The Kier molecular flexibility index (Phi) is 4.48. The van der Waals surface area contributed by atoms with E-state index >= 15 is 0 Å². The van der Waals surface area contributed by atoms with Gasteiger partial charge in [0.05, 0.1) is 0 Å². The molecule has 1 aromatic heterocycles. The van der Waals surface area contributed by atoms with Crippen molar-refractivity contribution >= 4 is 22.6 Å². The normalized spacial score (nSPS) is 19.5. The van der Waals surface area contributed by atoms with Gasteiger partial charge in [-0.3, -0.25) is 4.79 Å². The summed E-state index contributed by atoms with van der Waals surface area (Å²) in [5.74, 6) is 0.984. The number of fused-ring (bicyclic) bond motifs is 1. The van der Waals surface area contributed by atoms with E-state index in [9.17, 15) is 4.79 Å². The van der Waals surface area contributed by atoms with Crippen molar-refractivity contribution in [3.63, 3.8) is 0 Å². The number of amides is 1. The number of piperidine rings is 1. The second-order valence-electron chi connectivity index (χ2n) is 6.33. The highest BCUT2D eigenvalue weighted by atomic mass is 16.3. The molecule has 1 amide bonds. The average molecular weight is 300 g/mol. The first-order chi connectivity index (χ1) is 10.6. The third-order valence-electron chi connectivity index (χ3n) is 4.55. The predicted molar refractivity (Wildman–Crippen MR) is 89.1 cm³/mol. The van der Waals surface area contributed by atoms with Crippen LogP contribution in [0.4, 0.5) is 5.69 Å². The Bertz CT molecular complexity index is 662. The monoisotopic (exact) mass is 300 g/mol. The van der Waals surface area contributed by atoms with Gasteiger partial charge in [-0.2, -0.15) is 0 Å². The van der Waals surface area contributed by atoms with Crippen LogP contribution in [0.25, 0.3) is 11.0 Å². The van der Waals surface area contributed by atoms with Crippen LogP contribution in [-0.4, -0.2) is 30.4 Å². The molecule has 1 N–H and O–H groups in total. The van der Waals surface area contributed by atoms with Crippen molar-refractivity contribution in [1.29, 1.82) is 0 Å². The van der Waals surface area contributed by atoms with Gasteiger partial charge in [-0.25, -0.2) is 0 Å². The number of hydrogen-bond acceptors (Lipinski definition) is 3. The Labute approximate surface area is 131 Å². The molecule has 0 spiro atoms. The number of carbonyl (C=O) groups excluding carboxylic acids is 1. The van der Waals surface area contributed by atoms with Gasteiger partial charge in [0.25, 0.3) is 0 Å². The number of carbonyl (C=O) groups is 1. The number of likely N-dealkylation sites (tertiary alicyclic amines) is 1. The molecule has 2 aromatic rings. The summed E-state index contributed by atoms with van der Waals surface area (Å²) in [7, 11) is 2.16. The summed E-state index contributed by atoms with van der Waals surface area (Å²) in [6.07, 6.45) is 5.30. The van der Waals surface area contributed by atoms with Crippen LogP contribution >= 0.6 is 0 Å². The highest BCUT2D eigenvalue weighted by Gasteiger charge is 2.19. The molecule has 0 bridgehead atoms. The molecule has 4 heteroatoms. The minimum absolute atomic E-state index is 0.0959. The lowest BCUT2D eigenvalue weighted by atomic mass is 9.98. The van der Waals surface area contributed by atoms with E-state index in [4.69, 9.17) is 4.42 Å². The number of furan rings is 1. The van der Waals surface area contributed by atoms with Gasteiger partial charge in [-0.1, -0.05) is 6.42 Å². The van der Waals surface area contributed by atoms with Gasteiger partial charge >= 0.3 is 0 Å². The lowest BCUT2D eigenvalue weighted by Crippen LogP contribution is -2.36. The largest absolute Gasteiger partial charge is 0.461 e. The summed E-state index contributed by atoms with van der Waals surface area (Å²) >= 11 is 0. The molecular formula is C18H24N2O2. The lowest BCUT2D eigenvalue weighted by Gasteiger charge is -2.32. The molecule has 118 valence electrons. The van der Waals surface area contributed by atoms with Crippen LogP contribution in [0.1, 0.15) is 37.9 Å². The second kappa shape index (κ2) is 6.53. The Morgan fingerprint density at radius 1 is 1.36 bits per heavy atom. The quantitative estimate of drug-likeness (QED) is 0.930. The van der Waals surface area contributed by atoms with E-state index < -0.39 is 0 Å².